The summed E-state index contributed by atoms with van der Waals surface area (Å²) >= 11 is 1.73. The second-order valence-electron chi connectivity index (χ2n) is 5.65. The zero-order valence-electron chi connectivity index (χ0n) is 13.4. The van der Waals surface area contributed by atoms with Crippen molar-refractivity contribution < 1.29 is 4.74 Å². The second-order valence-corrected chi connectivity index (χ2v) is 6.77. The Labute approximate surface area is 130 Å². The second kappa shape index (κ2) is 6.58. The van der Waals surface area contributed by atoms with Crippen LogP contribution in [0.2, 0.25) is 0 Å². The molecule has 0 radical (unpaired) electrons. The summed E-state index contributed by atoms with van der Waals surface area (Å²) < 4.78 is 5.28. The van der Waals surface area contributed by atoms with E-state index in [-0.39, 0.29) is 5.54 Å². The third-order valence-corrected chi connectivity index (χ3v) is 4.26. The average Bonchev–Trinajstić information content (AvgIpc) is 2.82. The summed E-state index contributed by atoms with van der Waals surface area (Å²) in [6, 6.07) is 2.18. The molecule has 116 valence electrons. The van der Waals surface area contributed by atoms with Crippen LogP contribution in [0.4, 0.5) is 11.8 Å². The van der Waals surface area contributed by atoms with E-state index in [1.54, 1.807) is 18.4 Å². The van der Waals surface area contributed by atoms with Gasteiger partial charge in [0.15, 0.2) is 0 Å². The van der Waals surface area contributed by atoms with Gasteiger partial charge in [-0.05, 0) is 33.3 Å². The van der Waals surface area contributed by atoms with Crippen molar-refractivity contribution in [3.63, 3.8) is 0 Å². The van der Waals surface area contributed by atoms with E-state index in [1.165, 1.54) is 4.88 Å². The summed E-state index contributed by atoms with van der Waals surface area (Å²) in [4.78, 5) is 11.6. The lowest BCUT2D eigenvalue weighted by atomic mass is 10.1. The number of rotatable bonds is 7. The molecule has 0 spiro atoms. The van der Waals surface area contributed by atoms with Crippen LogP contribution < -0.4 is 10.6 Å². The molecule has 2 aromatic heterocycles. The smallest absolute Gasteiger partial charge is 0.226 e. The van der Waals surface area contributed by atoms with Crippen LogP contribution in [0.15, 0.2) is 6.07 Å². The standard InChI is InChI=1S/C15H24N4OS/c1-6-10-8-11-12(19-15(3,4)9-20-5)17-14(16-7-2)18-13(11)21-10/h8H,6-7,9H2,1-5H3,(H2,16,17,18,19). The van der Waals surface area contributed by atoms with Gasteiger partial charge in [-0.3, -0.25) is 0 Å². The number of aryl methyl sites for hydroxylation is 1. The molecule has 0 atom stereocenters. The third-order valence-electron chi connectivity index (χ3n) is 3.09. The van der Waals surface area contributed by atoms with Gasteiger partial charge in [0.05, 0.1) is 17.5 Å². The molecule has 0 saturated heterocycles. The molecule has 2 N–H and O–H groups in total. The SMILES string of the molecule is CCNc1nc(NC(C)(C)COC)c2cc(CC)sc2n1. The molecule has 2 aromatic rings. The zero-order valence-corrected chi connectivity index (χ0v) is 14.2. The van der Waals surface area contributed by atoms with Crippen molar-refractivity contribution >= 4 is 33.3 Å². The summed E-state index contributed by atoms with van der Waals surface area (Å²) in [7, 11) is 1.71. The molecule has 2 rings (SSSR count). The summed E-state index contributed by atoms with van der Waals surface area (Å²) in [6.07, 6.45) is 1.01. The first-order valence-electron chi connectivity index (χ1n) is 7.30. The van der Waals surface area contributed by atoms with Crippen LogP contribution in [0.25, 0.3) is 10.2 Å². The highest BCUT2D eigenvalue weighted by Crippen LogP contribution is 2.31. The fourth-order valence-corrected chi connectivity index (χ4v) is 3.16. The number of thiophene rings is 1. The molecular formula is C15H24N4OS. The predicted octanol–water partition coefficient (Wildman–Crippen LogP) is 3.52. The van der Waals surface area contributed by atoms with Gasteiger partial charge in [-0.15, -0.1) is 11.3 Å². The summed E-state index contributed by atoms with van der Waals surface area (Å²) in [6.45, 7) is 9.82. The Hall–Kier alpha value is -1.40. The third kappa shape index (κ3) is 3.83. The van der Waals surface area contributed by atoms with Crippen molar-refractivity contribution in [1.29, 1.82) is 0 Å². The summed E-state index contributed by atoms with van der Waals surface area (Å²) in [5.74, 6) is 1.54. The van der Waals surface area contributed by atoms with Gasteiger partial charge in [0.2, 0.25) is 5.95 Å². The Morgan fingerprint density at radius 3 is 2.67 bits per heavy atom. The average molecular weight is 308 g/mol. The fourth-order valence-electron chi connectivity index (χ4n) is 2.20. The summed E-state index contributed by atoms with van der Waals surface area (Å²) in [5.41, 5.74) is -0.187. The molecular weight excluding hydrogens is 284 g/mol. The van der Waals surface area contributed by atoms with Gasteiger partial charge in [0.1, 0.15) is 10.6 Å². The van der Waals surface area contributed by atoms with Crippen molar-refractivity contribution in [2.45, 2.75) is 39.7 Å². The monoisotopic (exact) mass is 308 g/mol. The first-order chi connectivity index (χ1) is 9.99. The van der Waals surface area contributed by atoms with Crippen molar-refractivity contribution in [2.75, 3.05) is 30.9 Å². The van der Waals surface area contributed by atoms with Gasteiger partial charge in [-0.2, -0.15) is 4.98 Å². The van der Waals surface area contributed by atoms with E-state index < -0.39 is 0 Å². The van der Waals surface area contributed by atoms with Gasteiger partial charge in [0, 0.05) is 18.5 Å². The van der Waals surface area contributed by atoms with Crippen LogP contribution in [0, 0.1) is 0 Å². The van der Waals surface area contributed by atoms with E-state index in [4.69, 9.17) is 4.74 Å². The van der Waals surface area contributed by atoms with E-state index in [0.717, 1.165) is 29.0 Å². The number of nitrogens with one attached hydrogen (secondary N) is 2. The minimum atomic E-state index is -0.187. The molecule has 0 unspecified atom stereocenters. The Morgan fingerprint density at radius 2 is 2.05 bits per heavy atom. The minimum Gasteiger partial charge on any atom is -0.382 e. The molecule has 6 heteroatoms. The predicted molar refractivity (Wildman–Crippen MR) is 90.5 cm³/mol. The molecule has 0 aromatic carbocycles. The first-order valence-corrected chi connectivity index (χ1v) is 8.12. The number of nitrogens with zero attached hydrogens (tertiary/aromatic N) is 2. The Morgan fingerprint density at radius 1 is 1.29 bits per heavy atom. The number of hydrogen-bond donors (Lipinski definition) is 2. The first kappa shape index (κ1) is 16.0. The fraction of sp³-hybridized carbons (Fsp3) is 0.600. The van der Waals surface area contributed by atoms with Gasteiger partial charge in [0.25, 0.3) is 0 Å². The molecule has 0 saturated carbocycles. The van der Waals surface area contributed by atoms with Gasteiger partial charge in [-0.25, -0.2) is 4.98 Å². The van der Waals surface area contributed by atoms with Crippen LogP contribution in [-0.4, -0.2) is 35.8 Å². The number of fused-ring (bicyclic) bond motifs is 1. The maximum atomic E-state index is 5.28. The number of ether oxygens (including phenoxy) is 1. The normalized spacial score (nSPS) is 11.9. The lowest BCUT2D eigenvalue weighted by Gasteiger charge is -2.26. The highest BCUT2D eigenvalue weighted by atomic mass is 32.1. The lowest BCUT2D eigenvalue weighted by Crippen LogP contribution is -2.36. The zero-order chi connectivity index (χ0) is 15.5. The van der Waals surface area contributed by atoms with Crippen molar-refractivity contribution in [1.82, 2.24) is 9.97 Å². The molecule has 0 fully saturated rings. The van der Waals surface area contributed by atoms with E-state index in [0.29, 0.717) is 12.6 Å². The number of aromatic nitrogens is 2. The lowest BCUT2D eigenvalue weighted by molar-refractivity contribution is 0.158. The van der Waals surface area contributed by atoms with Crippen LogP contribution in [0.1, 0.15) is 32.6 Å². The van der Waals surface area contributed by atoms with E-state index in [2.05, 4.69) is 47.4 Å². The Bertz CT molecular complexity index is 609. The van der Waals surface area contributed by atoms with Crippen LogP contribution in [-0.2, 0) is 11.2 Å². The Balaban J connectivity index is 2.45. The summed E-state index contributed by atoms with van der Waals surface area (Å²) in [5, 5.41) is 7.77. The molecule has 5 nitrogen and oxygen atoms in total. The molecule has 0 bridgehead atoms. The molecule has 0 aliphatic heterocycles. The molecule has 2 heterocycles. The molecule has 0 aliphatic rings. The van der Waals surface area contributed by atoms with Crippen molar-refractivity contribution in [3.05, 3.63) is 10.9 Å². The largest absolute Gasteiger partial charge is 0.382 e. The number of anilines is 2. The van der Waals surface area contributed by atoms with Crippen LogP contribution in [0.5, 0.6) is 0 Å². The highest BCUT2D eigenvalue weighted by molar-refractivity contribution is 7.18. The topological polar surface area (TPSA) is 59.1 Å². The van der Waals surface area contributed by atoms with E-state index in [1.807, 2.05) is 6.92 Å². The van der Waals surface area contributed by atoms with Gasteiger partial charge < -0.3 is 15.4 Å². The van der Waals surface area contributed by atoms with Crippen molar-refractivity contribution in [3.8, 4) is 0 Å². The van der Waals surface area contributed by atoms with Crippen LogP contribution >= 0.6 is 11.3 Å². The number of hydrogen-bond acceptors (Lipinski definition) is 6. The molecule has 21 heavy (non-hydrogen) atoms. The maximum absolute atomic E-state index is 5.28. The van der Waals surface area contributed by atoms with E-state index >= 15 is 0 Å². The minimum absolute atomic E-state index is 0.187. The molecule has 0 aliphatic carbocycles. The maximum Gasteiger partial charge on any atom is 0.226 e. The van der Waals surface area contributed by atoms with Gasteiger partial charge in [-0.1, -0.05) is 6.92 Å². The van der Waals surface area contributed by atoms with Gasteiger partial charge >= 0.3 is 0 Å². The van der Waals surface area contributed by atoms with Crippen LogP contribution in [0.3, 0.4) is 0 Å². The molecule has 0 amide bonds. The Kier molecular flexibility index (Phi) is 5.00. The highest BCUT2D eigenvalue weighted by Gasteiger charge is 2.21. The number of methoxy groups -OCH3 is 1. The quantitative estimate of drug-likeness (QED) is 0.819. The van der Waals surface area contributed by atoms with Crippen molar-refractivity contribution in [2.24, 2.45) is 0 Å². The van der Waals surface area contributed by atoms with E-state index in [9.17, 15) is 0 Å².